The van der Waals surface area contributed by atoms with E-state index in [1.807, 2.05) is 61.5 Å². The lowest BCUT2D eigenvalue weighted by molar-refractivity contribution is 0.0303. The average Bonchev–Trinajstić information content (AvgIpc) is 3.00. The van der Waals surface area contributed by atoms with E-state index in [2.05, 4.69) is 10.2 Å². The summed E-state index contributed by atoms with van der Waals surface area (Å²) >= 11 is 0. The molecule has 0 atom stereocenters. The van der Waals surface area contributed by atoms with Crippen LogP contribution in [0.5, 0.6) is 0 Å². The monoisotopic (exact) mass is 577 g/mol. The summed E-state index contributed by atoms with van der Waals surface area (Å²) in [5, 5.41) is 3.04. The summed E-state index contributed by atoms with van der Waals surface area (Å²) in [5.41, 5.74) is 6.47. The fraction of sp³-hybridized carbons (Fsp3) is 0.294. The van der Waals surface area contributed by atoms with Crippen LogP contribution in [0.25, 0.3) is 11.3 Å². The number of aromatic nitrogens is 2. The summed E-state index contributed by atoms with van der Waals surface area (Å²) in [6, 6.07) is 20.7. The minimum atomic E-state index is -0.180. The molecule has 2 fully saturated rings. The maximum Gasteiger partial charge on any atom is 0.272 e. The lowest BCUT2D eigenvalue weighted by Gasteiger charge is -2.33. The number of morpholine rings is 1. The van der Waals surface area contributed by atoms with Crippen molar-refractivity contribution < 1.29 is 14.3 Å². The van der Waals surface area contributed by atoms with E-state index in [1.165, 1.54) is 6.42 Å². The fourth-order valence-electron chi connectivity index (χ4n) is 5.46. The number of aryl methyl sites for hydroxylation is 1. The van der Waals surface area contributed by atoms with E-state index in [0.717, 1.165) is 35.5 Å². The number of ether oxygens (including phenoxy) is 1. The Morgan fingerprint density at radius 2 is 1.60 bits per heavy atom. The van der Waals surface area contributed by atoms with Crippen LogP contribution in [0.3, 0.4) is 0 Å². The van der Waals surface area contributed by atoms with Crippen LogP contribution in [0.4, 0.5) is 11.4 Å². The van der Waals surface area contributed by atoms with Crippen LogP contribution in [-0.2, 0) is 18.2 Å². The molecule has 6 rings (SSSR count). The number of hydrogen-bond acceptors (Lipinski definition) is 6. The molecule has 0 radical (unpaired) electrons. The highest BCUT2D eigenvalue weighted by Crippen LogP contribution is 2.28. The Morgan fingerprint density at radius 1 is 0.907 bits per heavy atom. The van der Waals surface area contributed by atoms with Crippen LogP contribution in [-0.4, -0.2) is 65.7 Å². The maximum atomic E-state index is 13.1. The molecule has 220 valence electrons. The smallest absolute Gasteiger partial charge is 0.272 e. The minimum absolute atomic E-state index is 0.0166. The first-order chi connectivity index (χ1) is 20.9. The van der Waals surface area contributed by atoms with E-state index < -0.39 is 0 Å². The molecule has 2 saturated heterocycles. The molecule has 9 nitrogen and oxygen atoms in total. The Morgan fingerprint density at radius 3 is 2.28 bits per heavy atom. The summed E-state index contributed by atoms with van der Waals surface area (Å²) in [6.07, 6.45) is 3.25. The highest BCUT2D eigenvalue weighted by Gasteiger charge is 2.19. The van der Waals surface area contributed by atoms with Crippen molar-refractivity contribution >= 4 is 23.2 Å². The second-order valence-corrected chi connectivity index (χ2v) is 11.1. The Kier molecular flexibility index (Phi) is 8.07. The van der Waals surface area contributed by atoms with E-state index in [0.29, 0.717) is 60.9 Å². The van der Waals surface area contributed by atoms with Crippen LogP contribution in [0.2, 0.25) is 0 Å². The van der Waals surface area contributed by atoms with Crippen LogP contribution in [0, 0.1) is 6.92 Å². The second-order valence-electron chi connectivity index (χ2n) is 11.1. The van der Waals surface area contributed by atoms with Gasteiger partial charge < -0.3 is 24.4 Å². The van der Waals surface area contributed by atoms with Gasteiger partial charge in [-0.05, 0) is 66.9 Å². The fourth-order valence-corrected chi connectivity index (χ4v) is 5.46. The van der Waals surface area contributed by atoms with E-state index in [9.17, 15) is 14.4 Å². The summed E-state index contributed by atoms with van der Waals surface area (Å²) < 4.78 is 6.89. The summed E-state index contributed by atoms with van der Waals surface area (Å²) in [7, 11) is 1.71. The highest BCUT2D eigenvalue weighted by molar-refractivity contribution is 6.05. The Balaban J connectivity index is 1.20. The van der Waals surface area contributed by atoms with Crippen molar-refractivity contribution in [2.75, 3.05) is 49.6 Å². The molecule has 0 bridgehead atoms. The lowest BCUT2D eigenvalue weighted by atomic mass is 10.0. The van der Waals surface area contributed by atoms with Gasteiger partial charge in [0, 0.05) is 73.9 Å². The molecule has 4 aromatic rings. The first-order valence-electron chi connectivity index (χ1n) is 14.7. The third kappa shape index (κ3) is 6.08. The number of rotatable bonds is 7. The molecule has 0 unspecified atom stereocenters. The number of hydrogen-bond donors (Lipinski definition) is 1. The summed E-state index contributed by atoms with van der Waals surface area (Å²) in [6.45, 7) is 6.33. The van der Waals surface area contributed by atoms with Gasteiger partial charge in [-0.25, -0.2) is 4.98 Å². The van der Waals surface area contributed by atoms with Gasteiger partial charge in [-0.1, -0.05) is 24.3 Å². The number of anilines is 2. The van der Waals surface area contributed by atoms with Gasteiger partial charge in [-0.3, -0.25) is 14.4 Å². The zero-order chi connectivity index (χ0) is 29.9. The summed E-state index contributed by atoms with van der Waals surface area (Å²) in [5.74, 6) is -0.197. The predicted octanol–water partition coefficient (Wildman–Crippen LogP) is 4.28. The molecule has 3 aromatic carbocycles. The molecule has 2 aliphatic heterocycles. The molecule has 1 aromatic heterocycles. The molecule has 3 heterocycles. The van der Waals surface area contributed by atoms with Crippen molar-refractivity contribution in [3.63, 3.8) is 0 Å². The van der Waals surface area contributed by atoms with E-state index in [-0.39, 0.29) is 17.4 Å². The predicted molar refractivity (Wildman–Crippen MR) is 167 cm³/mol. The van der Waals surface area contributed by atoms with Crippen molar-refractivity contribution in [2.45, 2.75) is 19.8 Å². The normalized spacial score (nSPS) is 14.7. The molecule has 43 heavy (non-hydrogen) atoms. The van der Waals surface area contributed by atoms with Crippen molar-refractivity contribution in [3.8, 4) is 11.3 Å². The molecule has 0 saturated carbocycles. The molecular weight excluding hydrogens is 542 g/mol. The SMILES string of the molecule is Cc1c(NC(=O)c2ccc(N3CCC3)cc2)cccc1-c1cn(C)c(=O)c(Cc2ccc(C(=O)N3CCOCC3)cc2)n1. The van der Waals surface area contributed by atoms with Gasteiger partial charge in [0.2, 0.25) is 0 Å². The Hall–Kier alpha value is -4.76. The van der Waals surface area contributed by atoms with Crippen LogP contribution in [0.15, 0.2) is 77.7 Å². The topological polar surface area (TPSA) is 96.8 Å². The zero-order valence-electron chi connectivity index (χ0n) is 24.5. The van der Waals surface area contributed by atoms with Crippen molar-refractivity contribution in [1.82, 2.24) is 14.5 Å². The number of nitrogens with zero attached hydrogens (tertiary/aromatic N) is 4. The quantitative estimate of drug-likeness (QED) is 0.352. The minimum Gasteiger partial charge on any atom is -0.378 e. The first-order valence-corrected chi connectivity index (χ1v) is 14.7. The van der Waals surface area contributed by atoms with Crippen LogP contribution < -0.4 is 15.8 Å². The molecule has 1 N–H and O–H groups in total. The second kappa shape index (κ2) is 12.2. The largest absolute Gasteiger partial charge is 0.378 e. The molecule has 9 heteroatoms. The lowest BCUT2D eigenvalue weighted by Crippen LogP contribution is -2.40. The molecule has 2 aliphatic rings. The zero-order valence-corrected chi connectivity index (χ0v) is 24.5. The van der Waals surface area contributed by atoms with Gasteiger partial charge in [0.15, 0.2) is 0 Å². The molecule has 0 aliphatic carbocycles. The van der Waals surface area contributed by atoms with Crippen molar-refractivity contribution in [1.29, 1.82) is 0 Å². The van der Waals surface area contributed by atoms with Crippen molar-refractivity contribution in [3.05, 3.63) is 111 Å². The van der Waals surface area contributed by atoms with Gasteiger partial charge in [0.25, 0.3) is 17.4 Å². The first kappa shape index (κ1) is 28.4. The number of nitrogens with one attached hydrogen (secondary N) is 1. The maximum absolute atomic E-state index is 13.1. The number of amides is 2. The van der Waals surface area contributed by atoms with Crippen LogP contribution >= 0.6 is 0 Å². The third-order valence-corrected chi connectivity index (χ3v) is 8.22. The Labute approximate surface area is 250 Å². The summed E-state index contributed by atoms with van der Waals surface area (Å²) in [4.78, 5) is 47.8. The molecular formula is C34H35N5O4. The number of carbonyl (C=O) groups excluding carboxylic acids is 2. The van der Waals surface area contributed by atoms with E-state index in [4.69, 9.17) is 9.72 Å². The van der Waals surface area contributed by atoms with E-state index >= 15 is 0 Å². The third-order valence-electron chi connectivity index (χ3n) is 8.22. The number of carbonyl (C=O) groups is 2. The number of benzene rings is 3. The van der Waals surface area contributed by atoms with Crippen molar-refractivity contribution in [2.24, 2.45) is 7.05 Å². The standard InChI is InChI=1S/C34H35N5O4/c1-23-28(5-3-6-29(23)36-32(40)25-11-13-27(14-12-25)38-15-4-16-38)31-22-37(2)34(42)30(35-31)21-24-7-9-26(10-8-24)33(41)39-17-19-43-20-18-39/h3,5-14,22H,4,15-21H2,1-2H3,(H,36,40). The molecule has 2 amide bonds. The van der Waals surface area contributed by atoms with Gasteiger partial charge in [0.05, 0.1) is 18.9 Å². The van der Waals surface area contributed by atoms with E-state index in [1.54, 1.807) is 34.8 Å². The van der Waals surface area contributed by atoms with Gasteiger partial charge in [0.1, 0.15) is 5.69 Å². The average molecular weight is 578 g/mol. The molecule has 0 spiro atoms. The highest BCUT2D eigenvalue weighted by atomic mass is 16.5. The van der Waals surface area contributed by atoms with Crippen LogP contribution in [0.1, 0.15) is 44.0 Å². The van der Waals surface area contributed by atoms with Gasteiger partial charge >= 0.3 is 0 Å². The Bertz CT molecular complexity index is 1700. The van der Waals surface area contributed by atoms with Gasteiger partial charge in [-0.15, -0.1) is 0 Å². The van der Waals surface area contributed by atoms with Gasteiger partial charge in [-0.2, -0.15) is 0 Å².